The van der Waals surface area contributed by atoms with Gasteiger partial charge in [-0.1, -0.05) is 0 Å². The lowest BCUT2D eigenvalue weighted by Crippen LogP contribution is -2.37. The first-order chi connectivity index (χ1) is 11.1. The van der Waals surface area contributed by atoms with Crippen molar-refractivity contribution in [1.29, 1.82) is 0 Å². The van der Waals surface area contributed by atoms with E-state index in [1.165, 1.54) is 17.0 Å². The molecule has 0 bridgehead atoms. The second-order valence-corrected chi connectivity index (χ2v) is 5.65. The van der Waals surface area contributed by atoms with Gasteiger partial charge in [0.15, 0.2) is 11.5 Å². The van der Waals surface area contributed by atoms with E-state index in [2.05, 4.69) is 9.88 Å². The molecule has 0 aliphatic carbocycles. The van der Waals surface area contributed by atoms with Crippen molar-refractivity contribution in [3.63, 3.8) is 0 Å². The Morgan fingerprint density at radius 1 is 1.35 bits per heavy atom. The molecule has 1 aromatic carbocycles. The quantitative estimate of drug-likeness (QED) is 0.819. The molecule has 2 aromatic rings. The highest BCUT2D eigenvalue weighted by Crippen LogP contribution is 2.29. The molecule has 2 heterocycles. The Morgan fingerprint density at radius 3 is 2.91 bits per heavy atom. The predicted octanol–water partition coefficient (Wildman–Crippen LogP) is 0.740. The third-order valence-electron chi connectivity index (χ3n) is 3.98. The van der Waals surface area contributed by atoms with Crippen LogP contribution in [0.4, 0.5) is 0 Å². The van der Waals surface area contributed by atoms with Crippen LogP contribution in [0, 0.1) is 0 Å². The van der Waals surface area contributed by atoms with Crippen molar-refractivity contribution in [2.75, 3.05) is 39.5 Å². The average molecular weight is 319 g/mol. The number of ether oxygens (including phenoxy) is 2. The van der Waals surface area contributed by atoms with Gasteiger partial charge in [0.05, 0.1) is 37.1 Å². The zero-order valence-electron chi connectivity index (χ0n) is 13.2. The molecule has 0 spiro atoms. The van der Waals surface area contributed by atoms with E-state index in [4.69, 9.17) is 9.47 Å². The van der Waals surface area contributed by atoms with Gasteiger partial charge in [-0.3, -0.25) is 9.69 Å². The molecule has 124 valence electrons. The number of rotatable bonds is 5. The fourth-order valence-corrected chi connectivity index (χ4v) is 2.64. The number of fused-ring (bicyclic) bond motifs is 1. The molecule has 0 unspecified atom stereocenters. The van der Waals surface area contributed by atoms with Gasteiger partial charge < -0.3 is 19.1 Å². The SMILES string of the molecule is Cn1cnc2cc(O)c(OCCCN3CCOCC3)cc2c1=O. The number of aromatic nitrogens is 2. The van der Waals surface area contributed by atoms with Gasteiger partial charge in [0.1, 0.15) is 0 Å². The van der Waals surface area contributed by atoms with Crippen molar-refractivity contribution in [2.24, 2.45) is 7.05 Å². The summed E-state index contributed by atoms with van der Waals surface area (Å²) in [6.45, 7) is 4.87. The van der Waals surface area contributed by atoms with Crippen LogP contribution in [0.5, 0.6) is 11.5 Å². The molecule has 1 aromatic heterocycles. The van der Waals surface area contributed by atoms with Crippen LogP contribution in [0.25, 0.3) is 10.9 Å². The van der Waals surface area contributed by atoms with Crippen LogP contribution in [0.15, 0.2) is 23.3 Å². The summed E-state index contributed by atoms with van der Waals surface area (Å²) in [5.41, 5.74) is 0.305. The van der Waals surface area contributed by atoms with Gasteiger partial charge in [0.25, 0.3) is 5.56 Å². The Morgan fingerprint density at radius 2 is 2.13 bits per heavy atom. The zero-order chi connectivity index (χ0) is 16.2. The van der Waals surface area contributed by atoms with Crippen LogP contribution in [-0.2, 0) is 11.8 Å². The lowest BCUT2D eigenvalue weighted by molar-refractivity contribution is 0.0357. The van der Waals surface area contributed by atoms with Gasteiger partial charge in [0.2, 0.25) is 0 Å². The highest BCUT2D eigenvalue weighted by Gasteiger charge is 2.11. The first-order valence-corrected chi connectivity index (χ1v) is 7.76. The van der Waals surface area contributed by atoms with Gasteiger partial charge in [-0.05, 0) is 12.5 Å². The molecular formula is C16H21N3O4. The number of morpholine rings is 1. The summed E-state index contributed by atoms with van der Waals surface area (Å²) in [7, 11) is 1.64. The molecule has 23 heavy (non-hydrogen) atoms. The smallest absolute Gasteiger partial charge is 0.261 e. The first kappa shape index (κ1) is 15.8. The lowest BCUT2D eigenvalue weighted by atomic mass is 10.2. The Labute approximate surface area is 134 Å². The summed E-state index contributed by atoms with van der Waals surface area (Å²) in [6, 6.07) is 3.03. The molecule has 0 atom stereocenters. The van der Waals surface area contributed by atoms with E-state index in [1.807, 2.05) is 0 Å². The van der Waals surface area contributed by atoms with E-state index in [0.29, 0.717) is 23.3 Å². The number of phenols is 1. The van der Waals surface area contributed by atoms with Crippen LogP contribution >= 0.6 is 0 Å². The molecule has 1 saturated heterocycles. The minimum Gasteiger partial charge on any atom is -0.504 e. The largest absolute Gasteiger partial charge is 0.504 e. The number of phenolic OH excluding ortho intramolecular Hbond substituents is 1. The lowest BCUT2D eigenvalue weighted by Gasteiger charge is -2.26. The molecule has 1 aliphatic rings. The summed E-state index contributed by atoms with van der Waals surface area (Å²) >= 11 is 0. The highest BCUT2D eigenvalue weighted by atomic mass is 16.5. The monoisotopic (exact) mass is 319 g/mol. The molecule has 3 rings (SSSR count). The van der Waals surface area contributed by atoms with Crippen LogP contribution < -0.4 is 10.3 Å². The maximum atomic E-state index is 12.1. The van der Waals surface area contributed by atoms with Gasteiger partial charge in [-0.15, -0.1) is 0 Å². The summed E-state index contributed by atoms with van der Waals surface area (Å²) < 4.78 is 12.4. The Hall–Kier alpha value is -2.12. The van der Waals surface area contributed by atoms with Crippen molar-refractivity contribution < 1.29 is 14.6 Å². The predicted molar refractivity (Wildman–Crippen MR) is 86.0 cm³/mol. The molecule has 0 saturated carbocycles. The first-order valence-electron chi connectivity index (χ1n) is 7.76. The number of hydrogen-bond donors (Lipinski definition) is 1. The molecule has 1 fully saturated rings. The van der Waals surface area contributed by atoms with Crippen LogP contribution in [0.3, 0.4) is 0 Å². The topological polar surface area (TPSA) is 76.8 Å². The minimum atomic E-state index is -0.159. The highest BCUT2D eigenvalue weighted by molar-refractivity contribution is 5.81. The Balaban J connectivity index is 1.64. The van der Waals surface area contributed by atoms with E-state index >= 15 is 0 Å². The third-order valence-corrected chi connectivity index (χ3v) is 3.98. The number of nitrogens with zero attached hydrogens (tertiary/aromatic N) is 3. The normalized spacial score (nSPS) is 15.9. The van der Waals surface area contributed by atoms with Crippen molar-refractivity contribution in [3.05, 3.63) is 28.8 Å². The third kappa shape index (κ3) is 3.62. The molecule has 1 aliphatic heterocycles. The maximum absolute atomic E-state index is 12.1. The molecule has 1 N–H and O–H groups in total. The number of benzene rings is 1. The van der Waals surface area contributed by atoms with Crippen LogP contribution in [0.1, 0.15) is 6.42 Å². The average Bonchev–Trinajstić information content (AvgIpc) is 2.57. The van der Waals surface area contributed by atoms with Crippen LogP contribution in [-0.4, -0.2) is 59.0 Å². The number of aryl methyl sites for hydroxylation is 1. The minimum absolute atomic E-state index is 0.00428. The zero-order valence-corrected chi connectivity index (χ0v) is 13.2. The van der Waals surface area contributed by atoms with E-state index < -0.39 is 0 Å². The molecule has 7 nitrogen and oxygen atoms in total. The second-order valence-electron chi connectivity index (χ2n) is 5.65. The standard InChI is InChI=1S/C16H21N3O4/c1-18-11-17-13-10-14(20)15(9-12(13)16(18)21)23-6-2-3-19-4-7-22-8-5-19/h9-11,20H,2-8H2,1H3. The Bertz CT molecular complexity index is 738. The summed E-state index contributed by atoms with van der Waals surface area (Å²) in [5.74, 6) is 0.328. The van der Waals surface area contributed by atoms with E-state index in [0.717, 1.165) is 39.3 Å². The van der Waals surface area contributed by atoms with Gasteiger partial charge in [-0.2, -0.15) is 0 Å². The van der Waals surface area contributed by atoms with Crippen molar-refractivity contribution >= 4 is 10.9 Å². The van der Waals surface area contributed by atoms with E-state index in [9.17, 15) is 9.90 Å². The van der Waals surface area contributed by atoms with Crippen molar-refractivity contribution in [1.82, 2.24) is 14.5 Å². The fourth-order valence-electron chi connectivity index (χ4n) is 2.64. The van der Waals surface area contributed by atoms with Crippen LogP contribution in [0.2, 0.25) is 0 Å². The molecule has 0 amide bonds. The van der Waals surface area contributed by atoms with E-state index in [1.54, 1.807) is 13.1 Å². The molecular weight excluding hydrogens is 298 g/mol. The Kier molecular flexibility index (Phi) is 4.78. The number of aromatic hydroxyl groups is 1. The fraction of sp³-hybridized carbons (Fsp3) is 0.500. The van der Waals surface area contributed by atoms with Gasteiger partial charge in [0, 0.05) is 32.7 Å². The van der Waals surface area contributed by atoms with Crippen molar-refractivity contribution in [2.45, 2.75) is 6.42 Å². The number of hydrogen-bond acceptors (Lipinski definition) is 6. The van der Waals surface area contributed by atoms with Crippen molar-refractivity contribution in [3.8, 4) is 11.5 Å². The molecule has 7 heteroatoms. The maximum Gasteiger partial charge on any atom is 0.261 e. The summed E-state index contributed by atoms with van der Waals surface area (Å²) in [6.07, 6.45) is 2.29. The van der Waals surface area contributed by atoms with Gasteiger partial charge in [-0.25, -0.2) is 4.98 Å². The second kappa shape index (κ2) is 6.97. The summed E-state index contributed by atoms with van der Waals surface area (Å²) in [5, 5.41) is 10.5. The molecule has 0 radical (unpaired) electrons. The van der Waals surface area contributed by atoms with E-state index in [-0.39, 0.29) is 11.3 Å². The summed E-state index contributed by atoms with van der Waals surface area (Å²) in [4.78, 5) is 18.6. The van der Waals surface area contributed by atoms with Gasteiger partial charge >= 0.3 is 0 Å².